The summed E-state index contributed by atoms with van der Waals surface area (Å²) < 4.78 is 6.05. The minimum atomic E-state index is 0.758. The molecule has 0 amide bonds. The van der Waals surface area contributed by atoms with Crippen LogP contribution >= 0.6 is 22.6 Å². The molecule has 0 fully saturated rings. The number of aliphatic hydroxyl groups is 1. The molecular weight excluding hydrogens is 255 g/mol. The van der Waals surface area contributed by atoms with Crippen LogP contribution < -0.4 is 4.74 Å². The molecule has 1 N–H and O–H groups in total. The van der Waals surface area contributed by atoms with Crippen molar-refractivity contribution in [2.24, 2.45) is 0 Å². The van der Waals surface area contributed by atoms with E-state index in [1.165, 1.54) is 0 Å². The Hall–Kier alpha value is -0.290. The molecule has 1 aromatic rings. The number of aliphatic hydroxyl groups excluding tert-OH is 1. The van der Waals surface area contributed by atoms with Crippen LogP contribution in [0.25, 0.3) is 0 Å². The third-order valence-corrected chi connectivity index (χ3v) is 1.90. The summed E-state index contributed by atoms with van der Waals surface area (Å²) in [6, 6.07) is 5.53. The van der Waals surface area contributed by atoms with Crippen LogP contribution in [0, 0.1) is 10.2 Å². The van der Waals surface area contributed by atoms with Gasteiger partial charge >= 0.3 is 0 Å². The Morgan fingerprint density at radius 3 is 2.73 bits per heavy atom. The minimum Gasteiger partial charge on any atom is -0.497 e. The van der Waals surface area contributed by atoms with Gasteiger partial charge in [-0.2, -0.15) is 0 Å². The van der Waals surface area contributed by atoms with Crippen molar-refractivity contribution in [3.63, 3.8) is 0 Å². The highest BCUT2D eigenvalue weighted by molar-refractivity contribution is 14.1. The van der Waals surface area contributed by atoms with Crippen molar-refractivity contribution in [3.8, 4) is 5.75 Å². The fourth-order valence-corrected chi connectivity index (χ4v) is 1.44. The molecule has 1 rings (SSSR count). The van der Waals surface area contributed by atoms with E-state index in [0.717, 1.165) is 21.5 Å². The van der Waals surface area contributed by atoms with E-state index >= 15 is 0 Å². The van der Waals surface area contributed by atoms with Crippen molar-refractivity contribution in [2.75, 3.05) is 7.11 Å². The van der Waals surface area contributed by atoms with Crippen LogP contribution in [0.4, 0.5) is 0 Å². The highest BCUT2D eigenvalue weighted by Gasteiger charge is 1.97. The predicted molar refractivity (Wildman–Crippen MR) is 51.0 cm³/mol. The molecule has 0 aliphatic carbocycles. The SMILES string of the molecule is COc1cc(I)cc([CH]O)c1. The van der Waals surface area contributed by atoms with Gasteiger partial charge in [-0.15, -0.1) is 0 Å². The first-order valence-corrected chi connectivity index (χ1v) is 4.16. The number of methoxy groups -OCH3 is 1. The number of benzene rings is 1. The fraction of sp³-hybridized carbons (Fsp3) is 0.125. The first-order chi connectivity index (χ1) is 5.26. The van der Waals surface area contributed by atoms with Gasteiger partial charge in [-0.1, -0.05) is 0 Å². The second-order valence-electron chi connectivity index (χ2n) is 2.05. The standard InChI is InChI=1S/C8H8IO2/c1-11-8-3-6(5-10)2-7(9)4-8/h2-5,10H,1H3. The molecule has 0 aliphatic rings. The molecule has 0 unspecified atom stereocenters. The molecule has 0 spiro atoms. The first kappa shape index (κ1) is 8.80. The average molecular weight is 263 g/mol. The summed E-state index contributed by atoms with van der Waals surface area (Å²) in [4.78, 5) is 0. The summed E-state index contributed by atoms with van der Waals surface area (Å²) in [7, 11) is 1.60. The van der Waals surface area contributed by atoms with Crippen LogP contribution in [-0.2, 0) is 0 Å². The van der Waals surface area contributed by atoms with E-state index in [-0.39, 0.29) is 0 Å². The molecule has 0 saturated heterocycles. The third kappa shape index (κ3) is 2.34. The monoisotopic (exact) mass is 263 g/mol. The Balaban J connectivity index is 3.02. The van der Waals surface area contributed by atoms with Crippen molar-refractivity contribution in [1.82, 2.24) is 0 Å². The van der Waals surface area contributed by atoms with Crippen LogP contribution in [0.15, 0.2) is 18.2 Å². The van der Waals surface area contributed by atoms with Crippen molar-refractivity contribution in [2.45, 2.75) is 0 Å². The van der Waals surface area contributed by atoms with E-state index in [4.69, 9.17) is 9.84 Å². The largest absolute Gasteiger partial charge is 0.497 e. The van der Waals surface area contributed by atoms with Gasteiger partial charge in [0.1, 0.15) is 12.4 Å². The van der Waals surface area contributed by atoms with Gasteiger partial charge in [-0.05, 0) is 46.4 Å². The van der Waals surface area contributed by atoms with Gasteiger partial charge in [-0.3, -0.25) is 0 Å². The van der Waals surface area contributed by atoms with Gasteiger partial charge in [0, 0.05) is 3.57 Å². The van der Waals surface area contributed by atoms with Gasteiger partial charge in [0.25, 0.3) is 0 Å². The third-order valence-electron chi connectivity index (χ3n) is 1.28. The molecule has 1 aromatic carbocycles. The van der Waals surface area contributed by atoms with E-state index in [2.05, 4.69) is 22.6 Å². The lowest BCUT2D eigenvalue weighted by Gasteiger charge is -2.02. The normalized spacial score (nSPS) is 9.73. The van der Waals surface area contributed by atoms with Crippen LogP contribution in [-0.4, -0.2) is 12.2 Å². The molecular formula is C8H8IO2. The fourth-order valence-electron chi connectivity index (χ4n) is 0.777. The summed E-state index contributed by atoms with van der Waals surface area (Å²) in [5.74, 6) is 0.761. The summed E-state index contributed by atoms with van der Waals surface area (Å²) in [5.41, 5.74) is 0.758. The molecule has 0 heterocycles. The van der Waals surface area contributed by atoms with Crippen molar-refractivity contribution in [1.29, 1.82) is 0 Å². The zero-order valence-corrected chi connectivity index (χ0v) is 8.20. The zero-order chi connectivity index (χ0) is 8.27. The summed E-state index contributed by atoms with van der Waals surface area (Å²) in [6.07, 6.45) is 0. The van der Waals surface area contributed by atoms with Crippen molar-refractivity contribution >= 4 is 22.6 Å². The molecule has 0 saturated carbocycles. The van der Waals surface area contributed by atoms with Crippen molar-refractivity contribution < 1.29 is 9.84 Å². The summed E-state index contributed by atoms with van der Waals surface area (Å²) in [6.45, 7) is 1.06. The molecule has 11 heavy (non-hydrogen) atoms. The topological polar surface area (TPSA) is 29.5 Å². The Morgan fingerprint density at radius 1 is 1.45 bits per heavy atom. The van der Waals surface area contributed by atoms with Crippen LogP contribution in [0.5, 0.6) is 5.75 Å². The average Bonchev–Trinajstić information content (AvgIpc) is 2.03. The van der Waals surface area contributed by atoms with Crippen molar-refractivity contribution in [3.05, 3.63) is 33.9 Å². The Kier molecular flexibility index (Phi) is 3.14. The van der Waals surface area contributed by atoms with E-state index in [1.54, 1.807) is 13.2 Å². The lowest BCUT2D eigenvalue weighted by atomic mass is 10.2. The molecule has 59 valence electrons. The van der Waals surface area contributed by atoms with Crippen LogP contribution in [0.1, 0.15) is 5.56 Å². The predicted octanol–water partition coefficient (Wildman–Crippen LogP) is 2.18. The molecule has 1 radical (unpaired) electrons. The van der Waals surface area contributed by atoms with E-state index in [0.29, 0.717) is 0 Å². The number of rotatable bonds is 2. The number of hydrogen-bond acceptors (Lipinski definition) is 2. The number of hydrogen-bond donors (Lipinski definition) is 1. The van der Waals surface area contributed by atoms with Crippen LogP contribution in [0.3, 0.4) is 0 Å². The van der Waals surface area contributed by atoms with E-state index in [1.807, 2.05) is 12.1 Å². The maximum atomic E-state index is 8.70. The molecule has 0 aromatic heterocycles. The summed E-state index contributed by atoms with van der Waals surface area (Å²) in [5, 5.41) is 8.70. The molecule has 3 heteroatoms. The van der Waals surface area contributed by atoms with Crippen LogP contribution in [0.2, 0.25) is 0 Å². The molecule has 0 atom stereocenters. The lowest BCUT2D eigenvalue weighted by molar-refractivity contribution is 0.404. The maximum Gasteiger partial charge on any atom is 0.120 e. The Labute approximate surface area is 79.3 Å². The zero-order valence-electron chi connectivity index (χ0n) is 6.04. The lowest BCUT2D eigenvalue weighted by Crippen LogP contribution is -1.87. The Bertz CT molecular complexity index is 226. The maximum absolute atomic E-state index is 8.70. The Morgan fingerprint density at radius 2 is 2.18 bits per heavy atom. The van der Waals surface area contributed by atoms with Gasteiger partial charge in [0.05, 0.1) is 7.11 Å². The highest BCUT2D eigenvalue weighted by Crippen LogP contribution is 2.18. The minimum absolute atomic E-state index is 0.758. The smallest absolute Gasteiger partial charge is 0.120 e. The number of halogens is 1. The second kappa shape index (κ2) is 3.92. The second-order valence-corrected chi connectivity index (χ2v) is 3.30. The highest BCUT2D eigenvalue weighted by atomic mass is 127. The van der Waals surface area contributed by atoms with E-state index in [9.17, 15) is 0 Å². The van der Waals surface area contributed by atoms with Gasteiger partial charge < -0.3 is 9.84 Å². The molecule has 0 aliphatic heterocycles. The first-order valence-electron chi connectivity index (χ1n) is 3.08. The number of ether oxygens (including phenoxy) is 1. The summed E-state index contributed by atoms with van der Waals surface area (Å²) >= 11 is 2.17. The van der Waals surface area contributed by atoms with Gasteiger partial charge in [0.2, 0.25) is 0 Å². The quantitative estimate of drug-likeness (QED) is 0.829. The van der Waals surface area contributed by atoms with Gasteiger partial charge in [0.15, 0.2) is 0 Å². The van der Waals surface area contributed by atoms with E-state index < -0.39 is 0 Å². The molecule has 2 nitrogen and oxygen atoms in total. The molecule has 0 bridgehead atoms. The van der Waals surface area contributed by atoms with Gasteiger partial charge in [-0.25, -0.2) is 0 Å².